The molecule has 0 radical (unpaired) electrons. The summed E-state index contributed by atoms with van der Waals surface area (Å²) in [6.07, 6.45) is 0. The molecular formula is C19H18FN3O3S. The van der Waals surface area contributed by atoms with Gasteiger partial charge in [-0.25, -0.2) is 4.39 Å². The molecule has 1 amide bonds. The van der Waals surface area contributed by atoms with Crippen molar-refractivity contribution in [1.82, 2.24) is 15.1 Å². The highest BCUT2D eigenvalue weighted by Gasteiger charge is 2.15. The molecule has 6 nitrogen and oxygen atoms in total. The van der Waals surface area contributed by atoms with Crippen LogP contribution in [0.15, 0.2) is 58.2 Å². The average molecular weight is 387 g/mol. The number of halogens is 1. The van der Waals surface area contributed by atoms with Gasteiger partial charge in [-0.05, 0) is 30.3 Å². The smallest absolute Gasteiger partial charge is 0.277 e. The maximum absolute atomic E-state index is 13.7. The lowest BCUT2D eigenvalue weighted by Gasteiger charge is -2.16. The molecule has 1 aromatic heterocycles. The van der Waals surface area contributed by atoms with Gasteiger partial charge < -0.3 is 14.1 Å². The van der Waals surface area contributed by atoms with Crippen LogP contribution in [0.25, 0.3) is 11.5 Å². The van der Waals surface area contributed by atoms with Gasteiger partial charge in [-0.2, -0.15) is 0 Å². The predicted molar refractivity (Wildman–Crippen MR) is 99.9 cm³/mol. The highest BCUT2D eigenvalue weighted by atomic mass is 32.2. The van der Waals surface area contributed by atoms with E-state index in [4.69, 9.17) is 9.15 Å². The number of ether oxygens (including phenoxy) is 1. The molecule has 0 bridgehead atoms. The summed E-state index contributed by atoms with van der Waals surface area (Å²) < 4.78 is 24.4. The molecule has 3 rings (SSSR count). The Labute approximate surface area is 160 Å². The van der Waals surface area contributed by atoms with Gasteiger partial charge in [0.15, 0.2) is 0 Å². The SMILES string of the molecule is COc1ccc(-c2nnc(SCC(=O)N(C)Cc3ccccc3F)o2)cc1. The van der Waals surface area contributed by atoms with Crippen molar-refractivity contribution in [2.24, 2.45) is 0 Å². The van der Waals surface area contributed by atoms with E-state index in [2.05, 4.69) is 10.2 Å². The van der Waals surface area contributed by atoms with E-state index in [1.54, 1.807) is 44.5 Å². The van der Waals surface area contributed by atoms with Gasteiger partial charge in [-0.15, -0.1) is 10.2 Å². The van der Waals surface area contributed by atoms with Crippen molar-refractivity contribution in [2.45, 2.75) is 11.8 Å². The maximum Gasteiger partial charge on any atom is 0.277 e. The van der Waals surface area contributed by atoms with Gasteiger partial charge in [-0.3, -0.25) is 4.79 Å². The van der Waals surface area contributed by atoms with E-state index in [1.165, 1.54) is 11.0 Å². The number of hydrogen-bond donors (Lipinski definition) is 0. The van der Waals surface area contributed by atoms with E-state index in [0.29, 0.717) is 16.7 Å². The first-order chi connectivity index (χ1) is 13.1. The van der Waals surface area contributed by atoms with Crippen molar-refractivity contribution in [3.8, 4) is 17.2 Å². The molecule has 0 fully saturated rings. The summed E-state index contributed by atoms with van der Waals surface area (Å²) in [7, 11) is 3.22. The fourth-order valence-corrected chi connectivity index (χ4v) is 3.03. The average Bonchev–Trinajstić information content (AvgIpc) is 3.17. The quantitative estimate of drug-likeness (QED) is 0.577. The molecule has 0 aliphatic rings. The van der Waals surface area contributed by atoms with E-state index in [1.807, 2.05) is 12.1 Å². The van der Waals surface area contributed by atoms with Crippen LogP contribution < -0.4 is 4.74 Å². The lowest BCUT2D eigenvalue weighted by Crippen LogP contribution is -2.28. The lowest BCUT2D eigenvalue weighted by atomic mass is 10.2. The maximum atomic E-state index is 13.7. The molecule has 1 heterocycles. The Morgan fingerprint density at radius 2 is 1.93 bits per heavy atom. The van der Waals surface area contributed by atoms with Crippen LogP contribution in [0.3, 0.4) is 0 Å². The summed E-state index contributed by atoms with van der Waals surface area (Å²) in [6, 6.07) is 13.6. The number of amides is 1. The third-order valence-electron chi connectivity index (χ3n) is 3.85. The van der Waals surface area contributed by atoms with Crippen LogP contribution in [0.2, 0.25) is 0 Å². The van der Waals surface area contributed by atoms with Crippen LogP contribution in [-0.4, -0.2) is 40.9 Å². The molecule has 0 N–H and O–H groups in total. The minimum absolute atomic E-state index is 0.120. The van der Waals surface area contributed by atoms with Crippen molar-refractivity contribution in [3.63, 3.8) is 0 Å². The monoisotopic (exact) mass is 387 g/mol. The number of carbonyl (C=O) groups is 1. The molecular weight excluding hydrogens is 369 g/mol. The predicted octanol–water partition coefficient (Wildman–Crippen LogP) is 3.64. The van der Waals surface area contributed by atoms with Crippen LogP contribution in [0.5, 0.6) is 5.75 Å². The Morgan fingerprint density at radius 3 is 2.63 bits per heavy atom. The number of methoxy groups -OCH3 is 1. The van der Waals surface area contributed by atoms with E-state index in [-0.39, 0.29) is 24.0 Å². The zero-order chi connectivity index (χ0) is 19.2. The molecule has 0 saturated heterocycles. The van der Waals surface area contributed by atoms with Crippen LogP contribution >= 0.6 is 11.8 Å². The van der Waals surface area contributed by atoms with Crippen molar-refractivity contribution >= 4 is 17.7 Å². The fraction of sp³-hybridized carbons (Fsp3) is 0.211. The van der Waals surface area contributed by atoms with Crippen LogP contribution in [0.4, 0.5) is 4.39 Å². The Morgan fingerprint density at radius 1 is 1.19 bits per heavy atom. The zero-order valence-corrected chi connectivity index (χ0v) is 15.7. The van der Waals surface area contributed by atoms with E-state index >= 15 is 0 Å². The Balaban J connectivity index is 1.56. The number of aromatic nitrogens is 2. The van der Waals surface area contributed by atoms with Crippen LogP contribution in [0.1, 0.15) is 5.56 Å². The second-order valence-electron chi connectivity index (χ2n) is 5.73. The van der Waals surface area contributed by atoms with Gasteiger partial charge in [-0.1, -0.05) is 30.0 Å². The van der Waals surface area contributed by atoms with Gasteiger partial charge >= 0.3 is 0 Å². The van der Waals surface area contributed by atoms with Gasteiger partial charge in [0.2, 0.25) is 11.8 Å². The summed E-state index contributed by atoms with van der Waals surface area (Å²) >= 11 is 1.14. The van der Waals surface area contributed by atoms with Gasteiger partial charge in [0, 0.05) is 24.7 Å². The van der Waals surface area contributed by atoms with Crippen molar-refractivity contribution < 1.29 is 18.3 Å². The minimum atomic E-state index is -0.328. The van der Waals surface area contributed by atoms with E-state index in [9.17, 15) is 9.18 Å². The van der Waals surface area contributed by atoms with Gasteiger partial charge in [0.1, 0.15) is 11.6 Å². The number of rotatable bonds is 7. The number of thioether (sulfide) groups is 1. The number of hydrogen-bond acceptors (Lipinski definition) is 6. The Kier molecular flexibility index (Phi) is 6.08. The topological polar surface area (TPSA) is 68.5 Å². The molecule has 0 aliphatic heterocycles. The number of nitrogens with zero attached hydrogens (tertiary/aromatic N) is 3. The first-order valence-corrected chi connectivity index (χ1v) is 9.13. The van der Waals surface area contributed by atoms with Crippen molar-refractivity contribution in [1.29, 1.82) is 0 Å². The van der Waals surface area contributed by atoms with Gasteiger partial charge in [0.05, 0.1) is 12.9 Å². The summed E-state index contributed by atoms with van der Waals surface area (Å²) in [6.45, 7) is 0.201. The molecule has 0 saturated carbocycles. The number of benzene rings is 2. The van der Waals surface area contributed by atoms with Crippen molar-refractivity contribution in [2.75, 3.05) is 19.9 Å². The van der Waals surface area contributed by atoms with E-state index in [0.717, 1.165) is 23.1 Å². The zero-order valence-electron chi connectivity index (χ0n) is 14.9. The summed E-state index contributed by atoms with van der Waals surface area (Å²) in [4.78, 5) is 13.7. The van der Waals surface area contributed by atoms with Crippen LogP contribution in [-0.2, 0) is 11.3 Å². The molecule has 0 atom stereocenters. The third kappa shape index (κ3) is 4.85. The molecule has 3 aromatic rings. The Hall–Kier alpha value is -2.87. The highest BCUT2D eigenvalue weighted by molar-refractivity contribution is 7.99. The van der Waals surface area contributed by atoms with Crippen LogP contribution in [0, 0.1) is 5.82 Å². The third-order valence-corrected chi connectivity index (χ3v) is 4.66. The largest absolute Gasteiger partial charge is 0.497 e. The standard InChI is InChI=1S/C19H18FN3O3S/c1-23(11-14-5-3-4-6-16(14)20)17(24)12-27-19-22-21-18(26-19)13-7-9-15(25-2)10-8-13/h3-10H,11-12H2,1-2H3. The fourth-order valence-electron chi connectivity index (χ4n) is 2.32. The van der Waals surface area contributed by atoms with E-state index < -0.39 is 0 Å². The second-order valence-corrected chi connectivity index (χ2v) is 6.66. The molecule has 8 heteroatoms. The summed E-state index contributed by atoms with van der Waals surface area (Å²) in [5, 5.41) is 8.24. The molecule has 0 spiro atoms. The summed E-state index contributed by atoms with van der Waals surface area (Å²) in [5.41, 5.74) is 1.23. The lowest BCUT2D eigenvalue weighted by molar-refractivity contribution is -0.127. The highest BCUT2D eigenvalue weighted by Crippen LogP contribution is 2.25. The number of carbonyl (C=O) groups excluding carboxylic acids is 1. The van der Waals surface area contributed by atoms with Gasteiger partial charge in [0.25, 0.3) is 5.22 Å². The molecule has 0 unspecified atom stereocenters. The molecule has 140 valence electrons. The second kappa shape index (κ2) is 8.68. The first-order valence-electron chi connectivity index (χ1n) is 8.15. The molecule has 0 aliphatic carbocycles. The Bertz CT molecular complexity index is 915. The minimum Gasteiger partial charge on any atom is -0.497 e. The first kappa shape index (κ1) is 18.9. The normalized spacial score (nSPS) is 10.6. The summed E-state index contributed by atoms with van der Waals surface area (Å²) in [5.74, 6) is 0.733. The molecule has 2 aromatic carbocycles. The van der Waals surface area contributed by atoms with Crippen molar-refractivity contribution in [3.05, 3.63) is 59.9 Å². The molecule has 27 heavy (non-hydrogen) atoms.